The second-order valence-corrected chi connectivity index (χ2v) is 9.66. The summed E-state index contributed by atoms with van der Waals surface area (Å²) in [6, 6.07) is 0. The molecule has 0 aliphatic carbocycles. The Balaban J connectivity index is 5.45. The third kappa shape index (κ3) is 4.05. The van der Waals surface area contributed by atoms with E-state index in [1.165, 1.54) is 0 Å². The highest BCUT2D eigenvalue weighted by molar-refractivity contribution is 7.73. The molecule has 0 aliphatic heterocycles. The van der Waals surface area contributed by atoms with Crippen LogP contribution in [0.25, 0.3) is 0 Å². The van der Waals surface area contributed by atoms with E-state index in [0.717, 1.165) is 28.4 Å². The van der Waals surface area contributed by atoms with Gasteiger partial charge in [0.15, 0.2) is 0 Å². The normalized spacial score (nSPS) is 13.7. The third-order valence-corrected chi connectivity index (χ3v) is 8.85. The van der Waals surface area contributed by atoms with Crippen LogP contribution in [0.2, 0.25) is 0 Å². The Bertz CT molecular complexity index is 335. The quantitative estimate of drug-likeness (QED) is 0.346. The van der Waals surface area contributed by atoms with Crippen molar-refractivity contribution in [2.45, 2.75) is 30.8 Å². The summed E-state index contributed by atoms with van der Waals surface area (Å²) in [5.41, 5.74) is 0. The Morgan fingerprint density at radius 2 is 1.30 bits per heavy atom. The molecule has 122 valence electrons. The number of hydrogen-bond donors (Lipinski definition) is 1. The smallest absolute Gasteiger partial charge is 0.368 e. The fraction of sp³-hybridized carbons (Fsp3) is 1.00. The summed E-state index contributed by atoms with van der Waals surface area (Å²) in [6.45, 7) is 0. The van der Waals surface area contributed by atoms with Gasteiger partial charge in [0.1, 0.15) is 0 Å². The van der Waals surface area contributed by atoms with Crippen molar-refractivity contribution in [2.75, 3.05) is 34.3 Å². The molecule has 7 nitrogen and oxygen atoms in total. The van der Waals surface area contributed by atoms with Crippen LogP contribution in [0.5, 0.6) is 0 Å². The number of rotatable bonds is 11. The summed E-state index contributed by atoms with van der Waals surface area (Å²) < 4.78 is 44.2. The standard InChI is InChI=1S/C10H23ClO7P2/c1-15-19(13,16-2)10(12,8-6-5-7-9-11)20(14,17-3)18-4/h12H,5-9H2,1-4H3. The Morgan fingerprint density at radius 3 is 1.60 bits per heavy atom. The van der Waals surface area contributed by atoms with Gasteiger partial charge in [-0.1, -0.05) is 6.42 Å². The Kier molecular flexibility index (Phi) is 9.11. The van der Waals surface area contributed by atoms with Gasteiger partial charge in [-0.05, 0) is 19.3 Å². The highest BCUT2D eigenvalue weighted by atomic mass is 35.5. The van der Waals surface area contributed by atoms with Gasteiger partial charge in [-0.2, -0.15) is 0 Å². The maximum absolute atomic E-state index is 12.5. The minimum atomic E-state index is -4.10. The topological polar surface area (TPSA) is 91.3 Å². The Hall–Kier alpha value is 0.550. The summed E-state index contributed by atoms with van der Waals surface area (Å²) in [5, 5.41) is 8.33. The molecule has 0 bridgehead atoms. The number of hydrogen-bond acceptors (Lipinski definition) is 7. The number of alkyl halides is 1. The third-order valence-electron chi connectivity index (χ3n) is 2.98. The van der Waals surface area contributed by atoms with Crippen LogP contribution in [0.3, 0.4) is 0 Å². The molecule has 0 radical (unpaired) electrons. The predicted octanol–water partition coefficient (Wildman–Crippen LogP) is 3.40. The fourth-order valence-electron chi connectivity index (χ4n) is 1.79. The van der Waals surface area contributed by atoms with Gasteiger partial charge < -0.3 is 23.2 Å². The summed E-state index contributed by atoms with van der Waals surface area (Å²) in [5.74, 6) is 0.469. The zero-order valence-electron chi connectivity index (χ0n) is 12.2. The van der Waals surface area contributed by atoms with Crippen molar-refractivity contribution >= 4 is 26.8 Å². The summed E-state index contributed by atoms with van der Waals surface area (Å²) in [4.78, 5) is 0. The maximum atomic E-state index is 12.5. The molecule has 0 spiro atoms. The molecule has 0 aromatic rings. The maximum Gasteiger partial charge on any atom is 0.374 e. The molecule has 0 heterocycles. The van der Waals surface area contributed by atoms with E-state index in [-0.39, 0.29) is 6.42 Å². The molecule has 0 fully saturated rings. The lowest BCUT2D eigenvalue weighted by atomic mass is 10.2. The minimum absolute atomic E-state index is 0.123. The van der Waals surface area contributed by atoms with E-state index in [4.69, 9.17) is 29.7 Å². The highest BCUT2D eigenvalue weighted by Crippen LogP contribution is 2.77. The van der Waals surface area contributed by atoms with Crippen molar-refractivity contribution in [3.05, 3.63) is 0 Å². The van der Waals surface area contributed by atoms with Crippen molar-refractivity contribution in [3.8, 4) is 0 Å². The first-order chi connectivity index (χ1) is 9.30. The zero-order chi connectivity index (χ0) is 15.9. The van der Waals surface area contributed by atoms with Crippen LogP contribution >= 0.6 is 26.8 Å². The lowest BCUT2D eigenvalue weighted by Crippen LogP contribution is -2.31. The average molecular weight is 353 g/mol. The second-order valence-electron chi connectivity index (χ2n) is 4.00. The van der Waals surface area contributed by atoms with Gasteiger partial charge in [0.25, 0.3) is 5.08 Å². The van der Waals surface area contributed by atoms with E-state index in [1.54, 1.807) is 0 Å². The van der Waals surface area contributed by atoms with Gasteiger partial charge >= 0.3 is 15.2 Å². The van der Waals surface area contributed by atoms with E-state index in [9.17, 15) is 14.2 Å². The molecule has 0 aromatic heterocycles. The van der Waals surface area contributed by atoms with E-state index in [2.05, 4.69) is 0 Å². The number of aliphatic hydroxyl groups is 1. The van der Waals surface area contributed by atoms with Crippen molar-refractivity contribution < 1.29 is 32.3 Å². The minimum Gasteiger partial charge on any atom is -0.368 e. The molecule has 0 atom stereocenters. The van der Waals surface area contributed by atoms with Gasteiger partial charge in [0.05, 0.1) is 0 Å². The number of halogens is 1. The first-order valence-electron chi connectivity index (χ1n) is 6.02. The Labute approximate surface area is 125 Å². The summed E-state index contributed by atoms with van der Waals surface area (Å²) in [6.07, 6.45) is 1.66. The second kappa shape index (κ2) is 8.86. The lowest BCUT2D eigenvalue weighted by molar-refractivity contribution is 0.0951. The van der Waals surface area contributed by atoms with E-state index < -0.39 is 20.3 Å². The van der Waals surface area contributed by atoms with Crippen LogP contribution in [-0.4, -0.2) is 44.5 Å². The molecule has 0 aromatic carbocycles. The van der Waals surface area contributed by atoms with Gasteiger partial charge in [0, 0.05) is 34.3 Å². The Morgan fingerprint density at radius 1 is 0.900 bits per heavy atom. The van der Waals surface area contributed by atoms with Crippen molar-refractivity contribution in [1.29, 1.82) is 0 Å². The van der Waals surface area contributed by atoms with Crippen molar-refractivity contribution in [1.82, 2.24) is 0 Å². The van der Waals surface area contributed by atoms with Crippen LogP contribution in [0.1, 0.15) is 25.7 Å². The van der Waals surface area contributed by atoms with Crippen LogP contribution in [-0.2, 0) is 27.2 Å². The van der Waals surface area contributed by atoms with Gasteiger partial charge in [-0.25, -0.2) is 0 Å². The molecule has 10 heteroatoms. The number of unbranched alkanes of at least 4 members (excludes halogenated alkanes) is 2. The first-order valence-corrected chi connectivity index (χ1v) is 9.64. The molecule has 20 heavy (non-hydrogen) atoms. The van der Waals surface area contributed by atoms with Crippen molar-refractivity contribution in [3.63, 3.8) is 0 Å². The predicted molar refractivity (Wildman–Crippen MR) is 77.4 cm³/mol. The SMILES string of the molecule is COP(=O)(OC)C(O)(CCCCCCl)P(=O)(OC)OC. The molecular weight excluding hydrogens is 330 g/mol. The van der Waals surface area contributed by atoms with E-state index in [0.29, 0.717) is 25.1 Å². The summed E-state index contributed by atoms with van der Waals surface area (Å²) in [7, 11) is -3.79. The van der Waals surface area contributed by atoms with Gasteiger partial charge in [-0.3, -0.25) is 9.13 Å². The van der Waals surface area contributed by atoms with E-state index in [1.807, 2.05) is 0 Å². The zero-order valence-corrected chi connectivity index (χ0v) is 14.7. The molecule has 0 saturated heterocycles. The van der Waals surface area contributed by atoms with Crippen LogP contribution in [0.15, 0.2) is 0 Å². The average Bonchev–Trinajstić information content (AvgIpc) is 2.49. The molecule has 0 rings (SSSR count). The molecular formula is C10H23ClO7P2. The van der Waals surface area contributed by atoms with Crippen LogP contribution in [0, 0.1) is 0 Å². The van der Waals surface area contributed by atoms with Gasteiger partial charge in [-0.15, -0.1) is 11.6 Å². The molecule has 0 amide bonds. The largest absolute Gasteiger partial charge is 0.374 e. The van der Waals surface area contributed by atoms with E-state index >= 15 is 0 Å². The van der Waals surface area contributed by atoms with Crippen LogP contribution < -0.4 is 0 Å². The molecule has 0 unspecified atom stereocenters. The monoisotopic (exact) mass is 352 g/mol. The molecule has 0 saturated carbocycles. The first kappa shape index (κ1) is 20.6. The summed E-state index contributed by atoms with van der Waals surface area (Å²) >= 11 is 5.57. The molecule has 0 aliphatic rings. The van der Waals surface area contributed by atoms with Gasteiger partial charge in [0.2, 0.25) is 0 Å². The fourth-order valence-corrected chi connectivity index (χ4v) is 6.49. The van der Waals surface area contributed by atoms with Crippen molar-refractivity contribution in [2.24, 2.45) is 0 Å². The highest BCUT2D eigenvalue weighted by Gasteiger charge is 2.63. The van der Waals surface area contributed by atoms with Crippen LogP contribution in [0.4, 0.5) is 0 Å². The molecule has 1 N–H and O–H groups in total. The lowest BCUT2D eigenvalue weighted by Gasteiger charge is -2.36.